The molecule has 0 aromatic heterocycles. The summed E-state index contributed by atoms with van der Waals surface area (Å²) < 4.78 is 5.47. The Morgan fingerprint density at radius 2 is 2.00 bits per heavy atom. The van der Waals surface area contributed by atoms with Gasteiger partial charge in [-0.25, -0.2) is 0 Å². The zero-order chi connectivity index (χ0) is 14.8. The van der Waals surface area contributed by atoms with E-state index in [1.54, 1.807) is 7.11 Å². The lowest BCUT2D eigenvalue weighted by Gasteiger charge is -2.20. The first-order valence-corrected chi connectivity index (χ1v) is 8.75. The molecule has 114 valence electrons. The normalized spacial score (nSPS) is 12.7. The molecular weight excluding hydrogens is 266 g/mol. The maximum atomic E-state index is 5.47. The van der Waals surface area contributed by atoms with Crippen molar-refractivity contribution in [2.24, 2.45) is 5.92 Å². The minimum absolute atomic E-state index is 0.550. The highest BCUT2D eigenvalue weighted by Gasteiger charge is 2.13. The van der Waals surface area contributed by atoms with Gasteiger partial charge in [-0.3, -0.25) is 0 Å². The van der Waals surface area contributed by atoms with Crippen LogP contribution in [0.5, 0.6) is 5.75 Å². The Morgan fingerprint density at radius 3 is 2.65 bits per heavy atom. The molecule has 0 spiro atoms. The molecule has 1 atom stereocenters. The third-order valence-corrected chi connectivity index (χ3v) is 4.32. The number of rotatable bonds is 10. The predicted octanol–water partition coefficient (Wildman–Crippen LogP) is 4.00. The van der Waals surface area contributed by atoms with Crippen LogP contribution in [0.15, 0.2) is 24.3 Å². The molecule has 1 aromatic carbocycles. The van der Waals surface area contributed by atoms with Gasteiger partial charge in [-0.2, -0.15) is 11.8 Å². The van der Waals surface area contributed by atoms with Crippen molar-refractivity contribution in [3.63, 3.8) is 0 Å². The van der Waals surface area contributed by atoms with Crippen molar-refractivity contribution in [3.8, 4) is 5.75 Å². The lowest BCUT2D eigenvalue weighted by molar-refractivity contribution is 0.395. The molecule has 0 fully saturated rings. The third-order valence-electron chi connectivity index (χ3n) is 3.39. The molecule has 0 saturated carbocycles. The highest BCUT2D eigenvalue weighted by Crippen LogP contribution is 2.23. The van der Waals surface area contributed by atoms with Gasteiger partial charge in [-0.05, 0) is 48.4 Å². The van der Waals surface area contributed by atoms with E-state index in [1.165, 1.54) is 23.5 Å². The number of methoxy groups -OCH3 is 1. The van der Waals surface area contributed by atoms with Crippen LogP contribution in [0.3, 0.4) is 0 Å². The molecule has 1 unspecified atom stereocenters. The number of hydrogen-bond donors (Lipinski definition) is 1. The average Bonchev–Trinajstić information content (AvgIpc) is 2.45. The fraction of sp³-hybridized carbons (Fsp3) is 0.647. The molecule has 3 heteroatoms. The van der Waals surface area contributed by atoms with Crippen LogP contribution in [-0.4, -0.2) is 31.2 Å². The van der Waals surface area contributed by atoms with E-state index >= 15 is 0 Å². The molecule has 0 aliphatic heterocycles. The highest BCUT2D eigenvalue weighted by atomic mass is 32.2. The van der Waals surface area contributed by atoms with Crippen molar-refractivity contribution in [3.05, 3.63) is 29.8 Å². The minimum Gasteiger partial charge on any atom is -0.496 e. The number of thioether (sulfide) groups is 1. The quantitative estimate of drug-likeness (QED) is 0.659. The molecule has 0 saturated heterocycles. The summed E-state index contributed by atoms with van der Waals surface area (Å²) in [5.41, 5.74) is 1.33. The van der Waals surface area contributed by atoms with Crippen LogP contribution < -0.4 is 10.1 Å². The summed E-state index contributed by atoms with van der Waals surface area (Å²) >= 11 is 2.03. The van der Waals surface area contributed by atoms with Gasteiger partial charge in [0.2, 0.25) is 0 Å². The van der Waals surface area contributed by atoms with E-state index < -0.39 is 0 Å². The standard InChI is InChI=1S/C17H29NOS/c1-5-20-11-10-15(13-18-14(2)3)12-16-8-6-7-9-17(16)19-4/h6-9,14-15,18H,5,10-13H2,1-4H3. The van der Waals surface area contributed by atoms with Crippen molar-refractivity contribution in [2.75, 3.05) is 25.2 Å². The monoisotopic (exact) mass is 295 g/mol. The number of hydrogen-bond acceptors (Lipinski definition) is 3. The van der Waals surface area contributed by atoms with Crippen molar-refractivity contribution in [1.82, 2.24) is 5.32 Å². The van der Waals surface area contributed by atoms with E-state index in [0.29, 0.717) is 12.0 Å². The summed E-state index contributed by atoms with van der Waals surface area (Å²) in [5.74, 6) is 4.15. The molecule has 0 heterocycles. The first kappa shape index (κ1) is 17.4. The van der Waals surface area contributed by atoms with Gasteiger partial charge in [-0.1, -0.05) is 39.0 Å². The van der Waals surface area contributed by atoms with Crippen molar-refractivity contribution in [2.45, 2.75) is 39.7 Å². The largest absolute Gasteiger partial charge is 0.496 e. The van der Waals surface area contributed by atoms with Gasteiger partial charge in [0.1, 0.15) is 5.75 Å². The summed E-state index contributed by atoms with van der Waals surface area (Å²) in [6, 6.07) is 8.94. The molecule has 0 aliphatic carbocycles. The van der Waals surface area contributed by atoms with Gasteiger partial charge >= 0.3 is 0 Å². The van der Waals surface area contributed by atoms with Gasteiger partial charge < -0.3 is 10.1 Å². The van der Waals surface area contributed by atoms with Crippen LogP contribution >= 0.6 is 11.8 Å². The van der Waals surface area contributed by atoms with E-state index in [2.05, 4.69) is 44.3 Å². The zero-order valence-corrected chi connectivity index (χ0v) is 14.1. The molecule has 0 aliphatic rings. The minimum atomic E-state index is 0.550. The van der Waals surface area contributed by atoms with Crippen molar-refractivity contribution >= 4 is 11.8 Å². The van der Waals surface area contributed by atoms with Crippen LogP contribution in [-0.2, 0) is 6.42 Å². The van der Waals surface area contributed by atoms with Crippen LogP contribution in [0.25, 0.3) is 0 Å². The SMILES string of the molecule is CCSCCC(CNC(C)C)Cc1ccccc1OC. The number of benzene rings is 1. The fourth-order valence-electron chi connectivity index (χ4n) is 2.26. The van der Waals surface area contributed by atoms with Crippen LogP contribution in [0.4, 0.5) is 0 Å². The molecule has 1 rings (SSSR count). The second-order valence-corrected chi connectivity index (χ2v) is 6.82. The van der Waals surface area contributed by atoms with Crippen LogP contribution in [0.2, 0.25) is 0 Å². The van der Waals surface area contributed by atoms with Crippen LogP contribution in [0, 0.1) is 5.92 Å². The Bertz CT molecular complexity index is 368. The maximum Gasteiger partial charge on any atom is 0.122 e. The van der Waals surface area contributed by atoms with Gasteiger partial charge in [0.25, 0.3) is 0 Å². The molecule has 1 aromatic rings. The number of para-hydroxylation sites is 1. The van der Waals surface area contributed by atoms with Gasteiger partial charge in [0.15, 0.2) is 0 Å². The lowest BCUT2D eigenvalue weighted by Crippen LogP contribution is -2.30. The predicted molar refractivity (Wildman–Crippen MR) is 90.9 cm³/mol. The average molecular weight is 295 g/mol. The van der Waals surface area contributed by atoms with Crippen molar-refractivity contribution < 1.29 is 4.74 Å². The molecule has 2 nitrogen and oxygen atoms in total. The Kier molecular flexibility index (Phi) is 8.79. The number of ether oxygens (including phenoxy) is 1. The zero-order valence-electron chi connectivity index (χ0n) is 13.3. The summed E-state index contributed by atoms with van der Waals surface area (Å²) in [4.78, 5) is 0. The Hall–Kier alpha value is -0.670. The van der Waals surface area contributed by atoms with Gasteiger partial charge in [0.05, 0.1) is 7.11 Å². The maximum absolute atomic E-state index is 5.47. The number of nitrogens with one attached hydrogen (secondary N) is 1. The molecule has 0 bridgehead atoms. The van der Waals surface area contributed by atoms with Gasteiger partial charge in [-0.15, -0.1) is 0 Å². The summed E-state index contributed by atoms with van der Waals surface area (Å²) in [5, 5.41) is 3.58. The summed E-state index contributed by atoms with van der Waals surface area (Å²) in [6.45, 7) is 7.73. The molecular formula is C17H29NOS. The smallest absolute Gasteiger partial charge is 0.122 e. The second-order valence-electron chi connectivity index (χ2n) is 5.43. The first-order valence-electron chi connectivity index (χ1n) is 7.60. The van der Waals surface area contributed by atoms with E-state index in [1.807, 2.05) is 17.8 Å². The Balaban J connectivity index is 2.61. The van der Waals surface area contributed by atoms with E-state index in [0.717, 1.165) is 18.7 Å². The topological polar surface area (TPSA) is 21.3 Å². The third kappa shape index (κ3) is 6.67. The molecule has 1 N–H and O–H groups in total. The highest BCUT2D eigenvalue weighted by molar-refractivity contribution is 7.99. The summed E-state index contributed by atoms with van der Waals surface area (Å²) in [6.07, 6.45) is 2.35. The van der Waals surface area contributed by atoms with E-state index in [4.69, 9.17) is 4.74 Å². The molecule has 0 radical (unpaired) electrons. The van der Waals surface area contributed by atoms with E-state index in [-0.39, 0.29) is 0 Å². The lowest BCUT2D eigenvalue weighted by atomic mass is 9.96. The fourth-order valence-corrected chi connectivity index (χ4v) is 3.04. The first-order chi connectivity index (χ1) is 9.67. The van der Waals surface area contributed by atoms with Crippen LogP contribution in [0.1, 0.15) is 32.8 Å². The molecule has 20 heavy (non-hydrogen) atoms. The second kappa shape index (κ2) is 10.1. The van der Waals surface area contributed by atoms with E-state index in [9.17, 15) is 0 Å². The summed E-state index contributed by atoms with van der Waals surface area (Å²) in [7, 11) is 1.76. The van der Waals surface area contributed by atoms with Gasteiger partial charge in [0, 0.05) is 6.04 Å². The van der Waals surface area contributed by atoms with Crippen molar-refractivity contribution in [1.29, 1.82) is 0 Å². The molecule has 0 amide bonds. The Labute approximate surface area is 128 Å². The Morgan fingerprint density at radius 1 is 1.25 bits per heavy atom.